The molecule has 1 saturated heterocycles. The van der Waals surface area contributed by atoms with E-state index in [-0.39, 0.29) is 12.2 Å². The molecule has 0 aromatic carbocycles. The number of nitrogens with one attached hydrogen (secondary N) is 1. The average Bonchev–Trinajstić information content (AvgIpc) is 2.35. The second kappa shape index (κ2) is 8.90. The van der Waals surface area contributed by atoms with E-state index in [9.17, 15) is 5.11 Å². The SMILES string of the molecule is CC(C)NCC1CCCCN1CC(O)COC(C)C. The number of nitrogens with zero attached hydrogens (tertiary/aromatic N) is 1. The fraction of sp³-hybridized carbons (Fsp3) is 1.00. The van der Waals surface area contributed by atoms with Gasteiger partial charge >= 0.3 is 0 Å². The summed E-state index contributed by atoms with van der Waals surface area (Å²) in [6.07, 6.45) is 3.60. The van der Waals surface area contributed by atoms with Crippen molar-refractivity contribution in [2.24, 2.45) is 0 Å². The Kier molecular flexibility index (Phi) is 7.91. The van der Waals surface area contributed by atoms with E-state index in [0.717, 1.165) is 19.6 Å². The third-order valence-corrected chi connectivity index (χ3v) is 3.58. The fourth-order valence-electron chi connectivity index (χ4n) is 2.53. The van der Waals surface area contributed by atoms with Crippen molar-refractivity contribution in [1.82, 2.24) is 10.2 Å². The normalized spacial score (nSPS) is 23.2. The minimum atomic E-state index is -0.373. The molecule has 0 aromatic rings. The summed E-state index contributed by atoms with van der Waals surface area (Å²) in [6.45, 7) is 11.7. The lowest BCUT2D eigenvalue weighted by atomic mass is 10.0. The Morgan fingerprint density at radius 1 is 1.26 bits per heavy atom. The number of piperidine rings is 1. The number of β-amino-alcohol motifs (C(OH)–C–C–N with tert-alkyl or cyclic N) is 1. The first-order chi connectivity index (χ1) is 8.99. The first kappa shape index (κ1) is 16.9. The summed E-state index contributed by atoms with van der Waals surface area (Å²) < 4.78 is 5.49. The summed E-state index contributed by atoms with van der Waals surface area (Å²) in [6, 6.07) is 1.09. The zero-order valence-electron chi connectivity index (χ0n) is 13.1. The summed E-state index contributed by atoms with van der Waals surface area (Å²) >= 11 is 0. The van der Waals surface area contributed by atoms with Crippen LogP contribution in [0.3, 0.4) is 0 Å². The Bertz CT molecular complexity index is 234. The van der Waals surface area contributed by atoms with Crippen molar-refractivity contribution < 1.29 is 9.84 Å². The van der Waals surface area contributed by atoms with Gasteiger partial charge in [0.25, 0.3) is 0 Å². The average molecular weight is 272 g/mol. The predicted octanol–water partition coefficient (Wildman–Crippen LogP) is 1.62. The molecule has 114 valence electrons. The quantitative estimate of drug-likeness (QED) is 0.705. The lowest BCUT2D eigenvalue weighted by Crippen LogP contribution is -2.49. The van der Waals surface area contributed by atoms with Gasteiger partial charge in [-0.2, -0.15) is 0 Å². The van der Waals surface area contributed by atoms with Gasteiger partial charge in [-0.25, -0.2) is 0 Å². The van der Waals surface area contributed by atoms with Crippen LogP contribution in [-0.4, -0.2) is 60.5 Å². The minimum absolute atomic E-state index is 0.189. The zero-order valence-corrected chi connectivity index (χ0v) is 13.1. The second-order valence-electron chi connectivity index (χ2n) is 6.24. The van der Waals surface area contributed by atoms with Gasteiger partial charge in [-0.3, -0.25) is 4.90 Å². The number of aliphatic hydroxyl groups excluding tert-OH is 1. The van der Waals surface area contributed by atoms with E-state index in [2.05, 4.69) is 24.1 Å². The van der Waals surface area contributed by atoms with Crippen molar-refractivity contribution in [3.05, 3.63) is 0 Å². The highest BCUT2D eigenvalue weighted by Gasteiger charge is 2.24. The van der Waals surface area contributed by atoms with Crippen LogP contribution in [0.4, 0.5) is 0 Å². The molecule has 2 N–H and O–H groups in total. The summed E-state index contributed by atoms with van der Waals surface area (Å²) in [7, 11) is 0. The first-order valence-electron chi connectivity index (χ1n) is 7.76. The number of ether oxygens (including phenoxy) is 1. The molecular formula is C15H32N2O2. The fourth-order valence-corrected chi connectivity index (χ4v) is 2.53. The molecule has 1 fully saturated rings. The zero-order chi connectivity index (χ0) is 14.3. The van der Waals surface area contributed by atoms with Crippen LogP contribution in [0, 0.1) is 0 Å². The number of aliphatic hydroxyl groups is 1. The number of likely N-dealkylation sites (tertiary alicyclic amines) is 1. The highest BCUT2D eigenvalue weighted by Crippen LogP contribution is 2.17. The second-order valence-corrected chi connectivity index (χ2v) is 6.24. The Labute approximate surface area is 118 Å². The van der Waals surface area contributed by atoms with E-state index in [1.54, 1.807) is 0 Å². The van der Waals surface area contributed by atoms with Crippen LogP contribution in [0.25, 0.3) is 0 Å². The van der Waals surface area contributed by atoms with Crippen LogP contribution in [0.2, 0.25) is 0 Å². The van der Waals surface area contributed by atoms with Gasteiger partial charge in [0.1, 0.15) is 0 Å². The largest absolute Gasteiger partial charge is 0.389 e. The maximum atomic E-state index is 10.1. The predicted molar refractivity (Wildman–Crippen MR) is 79.4 cm³/mol. The van der Waals surface area contributed by atoms with Gasteiger partial charge in [-0.05, 0) is 33.2 Å². The molecule has 4 nitrogen and oxygen atoms in total. The molecule has 0 spiro atoms. The Morgan fingerprint density at radius 2 is 2.00 bits per heavy atom. The molecule has 1 rings (SSSR count). The van der Waals surface area contributed by atoms with E-state index in [0.29, 0.717) is 18.7 Å². The van der Waals surface area contributed by atoms with Crippen LogP contribution < -0.4 is 5.32 Å². The molecule has 2 atom stereocenters. The van der Waals surface area contributed by atoms with Crippen LogP contribution >= 0.6 is 0 Å². The molecule has 2 unspecified atom stereocenters. The van der Waals surface area contributed by atoms with Crippen LogP contribution in [0.5, 0.6) is 0 Å². The molecule has 1 aliphatic rings. The van der Waals surface area contributed by atoms with Crippen LogP contribution in [0.1, 0.15) is 47.0 Å². The number of rotatable bonds is 8. The summed E-state index contributed by atoms with van der Waals surface area (Å²) in [5, 5.41) is 13.6. The van der Waals surface area contributed by atoms with Crippen molar-refractivity contribution in [2.75, 3.05) is 26.2 Å². The monoisotopic (exact) mass is 272 g/mol. The number of hydrogen-bond donors (Lipinski definition) is 2. The molecular weight excluding hydrogens is 240 g/mol. The van der Waals surface area contributed by atoms with E-state index in [1.165, 1.54) is 19.3 Å². The summed E-state index contributed by atoms with van der Waals surface area (Å²) in [4.78, 5) is 2.42. The topological polar surface area (TPSA) is 44.7 Å². The van der Waals surface area contributed by atoms with Crippen molar-refractivity contribution in [3.63, 3.8) is 0 Å². The van der Waals surface area contributed by atoms with Gasteiger partial charge in [-0.1, -0.05) is 20.3 Å². The molecule has 0 saturated carbocycles. The van der Waals surface area contributed by atoms with Crippen LogP contribution in [0.15, 0.2) is 0 Å². The molecule has 0 amide bonds. The molecule has 19 heavy (non-hydrogen) atoms. The molecule has 0 aliphatic carbocycles. The van der Waals surface area contributed by atoms with Crippen molar-refractivity contribution >= 4 is 0 Å². The van der Waals surface area contributed by atoms with Gasteiger partial charge in [0.15, 0.2) is 0 Å². The molecule has 0 bridgehead atoms. The lowest BCUT2D eigenvalue weighted by Gasteiger charge is -2.37. The molecule has 0 aromatic heterocycles. The van der Waals surface area contributed by atoms with E-state index in [4.69, 9.17) is 4.74 Å². The van der Waals surface area contributed by atoms with E-state index < -0.39 is 0 Å². The molecule has 1 heterocycles. The van der Waals surface area contributed by atoms with Gasteiger partial charge in [-0.15, -0.1) is 0 Å². The first-order valence-corrected chi connectivity index (χ1v) is 7.76. The number of hydrogen-bond acceptors (Lipinski definition) is 4. The molecule has 1 aliphatic heterocycles. The van der Waals surface area contributed by atoms with E-state index >= 15 is 0 Å². The summed E-state index contributed by atoms with van der Waals surface area (Å²) in [5.41, 5.74) is 0. The maximum Gasteiger partial charge on any atom is 0.0900 e. The standard InChI is InChI=1S/C15H32N2O2/c1-12(2)16-9-14-7-5-6-8-17(14)10-15(18)11-19-13(3)4/h12-16,18H,5-11H2,1-4H3. The third kappa shape index (κ3) is 7.25. The van der Waals surface area contributed by atoms with Crippen LogP contribution in [-0.2, 0) is 4.74 Å². The van der Waals surface area contributed by atoms with Crippen molar-refractivity contribution in [2.45, 2.75) is 71.2 Å². The van der Waals surface area contributed by atoms with Gasteiger partial charge in [0, 0.05) is 25.2 Å². The lowest BCUT2D eigenvalue weighted by molar-refractivity contribution is -0.0184. The highest BCUT2D eigenvalue weighted by atomic mass is 16.5. The van der Waals surface area contributed by atoms with Gasteiger partial charge in [0.2, 0.25) is 0 Å². The van der Waals surface area contributed by atoms with Gasteiger partial charge < -0.3 is 15.2 Å². The van der Waals surface area contributed by atoms with Crippen molar-refractivity contribution in [1.29, 1.82) is 0 Å². The smallest absolute Gasteiger partial charge is 0.0900 e. The summed E-state index contributed by atoms with van der Waals surface area (Å²) in [5.74, 6) is 0. The molecule has 4 heteroatoms. The van der Waals surface area contributed by atoms with Gasteiger partial charge in [0.05, 0.1) is 18.8 Å². The van der Waals surface area contributed by atoms with Crippen molar-refractivity contribution in [3.8, 4) is 0 Å². The Hall–Kier alpha value is -0.160. The minimum Gasteiger partial charge on any atom is -0.389 e. The Morgan fingerprint density at radius 3 is 2.63 bits per heavy atom. The highest BCUT2D eigenvalue weighted by molar-refractivity contribution is 4.81. The maximum absolute atomic E-state index is 10.1. The third-order valence-electron chi connectivity index (χ3n) is 3.58. The molecule has 0 radical (unpaired) electrons. The van der Waals surface area contributed by atoms with E-state index in [1.807, 2.05) is 13.8 Å². The Balaban J connectivity index is 2.34.